The largest absolute Gasteiger partial charge is 0.382 e. The molecule has 0 fully saturated rings. The highest BCUT2D eigenvalue weighted by molar-refractivity contribution is 5.44. The Morgan fingerprint density at radius 1 is 1.15 bits per heavy atom. The van der Waals surface area contributed by atoms with Crippen molar-refractivity contribution in [1.82, 2.24) is 15.0 Å². The van der Waals surface area contributed by atoms with Crippen molar-refractivity contribution >= 4 is 17.8 Å². The second-order valence-corrected chi connectivity index (χ2v) is 5.04. The molecule has 0 unspecified atom stereocenters. The predicted octanol–water partition coefficient (Wildman–Crippen LogP) is 0.840. The van der Waals surface area contributed by atoms with Gasteiger partial charge in [0.2, 0.25) is 17.8 Å². The Morgan fingerprint density at radius 2 is 1.75 bits per heavy atom. The third-order valence-electron chi connectivity index (χ3n) is 2.75. The van der Waals surface area contributed by atoms with Crippen LogP contribution < -0.4 is 21.5 Å². The summed E-state index contributed by atoms with van der Waals surface area (Å²) in [7, 11) is 1.66. The topological polar surface area (TPSA) is 101 Å². The van der Waals surface area contributed by atoms with E-state index in [9.17, 15) is 0 Å². The van der Waals surface area contributed by atoms with E-state index in [1.807, 2.05) is 32.6 Å². The molecule has 20 heavy (non-hydrogen) atoms. The van der Waals surface area contributed by atoms with Crippen LogP contribution in [0.2, 0.25) is 0 Å². The zero-order valence-corrected chi connectivity index (χ0v) is 12.9. The van der Waals surface area contributed by atoms with Gasteiger partial charge < -0.3 is 15.0 Å². The Hall–Kier alpha value is -1.67. The fourth-order valence-electron chi connectivity index (χ4n) is 1.83. The summed E-state index contributed by atoms with van der Waals surface area (Å²) < 4.78 is 5.17. The lowest BCUT2D eigenvalue weighted by Gasteiger charge is -2.26. The summed E-state index contributed by atoms with van der Waals surface area (Å²) in [5.74, 6) is 6.81. The van der Waals surface area contributed by atoms with E-state index in [0.717, 1.165) is 13.1 Å². The lowest BCUT2D eigenvalue weighted by atomic mass is 10.1. The van der Waals surface area contributed by atoms with Crippen LogP contribution in [0.1, 0.15) is 27.7 Å². The quantitative estimate of drug-likeness (QED) is 0.476. The number of rotatable bonds is 8. The molecular formula is C12H25N7O. The molecule has 0 spiro atoms. The Labute approximate surface area is 120 Å². The first kappa shape index (κ1) is 16.4. The summed E-state index contributed by atoms with van der Waals surface area (Å²) in [6.07, 6.45) is 0. The van der Waals surface area contributed by atoms with Crippen LogP contribution in [0.25, 0.3) is 0 Å². The van der Waals surface area contributed by atoms with E-state index in [1.54, 1.807) is 7.11 Å². The number of nitrogens with zero attached hydrogens (tertiary/aromatic N) is 4. The van der Waals surface area contributed by atoms with Gasteiger partial charge in [-0.25, -0.2) is 5.84 Å². The summed E-state index contributed by atoms with van der Waals surface area (Å²) in [5, 5.41) is 3.23. The molecule has 0 radical (unpaired) electrons. The van der Waals surface area contributed by atoms with E-state index in [-0.39, 0.29) is 5.54 Å². The first-order chi connectivity index (χ1) is 9.45. The smallest absolute Gasteiger partial charge is 0.243 e. The molecule has 114 valence electrons. The number of nitrogens with two attached hydrogens (primary N) is 1. The van der Waals surface area contributed by atoms with Crippen molar-refractivity contribution in [2.24, 2.45) is 5.84 Å². The average Bonchev–Trinajstić information content (AvgIpc) is 2.39. The van der Waals surface area contributed by atoms with E-state index in [0.29, 0.717) is 24.5 Å². The molecule has 1 aromatic rings. The number of hydrazine groups is 1. The molecule has 1 aromatic heterocycles. The second kappa shape index (κ2) is 7.20. The van der Waals surface area contributed by atoms with Crippen molar-refractivity contribution in [3.05, 3.63) is 0 Å². The van der Waals surface area contributed by atoms with Crippen LogP contribution in [0.15, 0.2) is 0 Å². The number of hydrogen-bond donors (Lipinski definition) is 3. The van der Waals surface area contributed by atoms with Gasteiger partial charge in [0.15, 0.2) is 0 Å². The van der Waals surface area contributed by atoms with Gasteiger partial charge in [0.1, 0.15) is 0 Å². The number of anilines is 3. The van der Waals surface area contributed by atoms with Gasteiger partial charge in [-0.05, 0) is 27.7 Å². The predicted molar refractivity (Wildman–Crippen MR) is 80.8 cm³/mol. The summed E-state index contributed by atoms with van der Waals surface area (Å²) in [4.78, 5) is 14.9. The maximum Gasteiger partial charge on any atom is 0.243 e. The fraction of sp³-hybridized carbons (Fsp3) is 0.750. The number of ether oxygens (including phenoxy) is 1. The Morgan fingerprint density at radius 3 is 2.25 bits per heavy atom. The summed E-state index contributed by atoms with van der Waals surface area (Å²) >= 11 is 0. The van der Waals surface area contributed by atoms with Crippen LogP contribution in [-0.2, 0) is 4.74 Å². The average molecular weight is 283 g/mol. The number of nitrogens with one attached hydrogen (secondary N) is 2. The molecule has 0 aliphatic carbocycles. The lowest BCUT2D eigenvalue weighted by molar-refractivity contribution is 0.158. The van der Waals surface area contributed by atoms with Crippen LogP contribution in [-0.4, -0.2) is 47.3 Å². The van der Waals surface area contributed by atoms with E-state index in [1.165, 1.54) is 0 Å². The molecule has 0 saturated carbocycles. The molecule has 0 bridgehead atoms. The van der Waals surface area contributed by atoms with Crippen molar-refractivity contribution < 1.29 is 4.74 Å². The normalized spacial score (nSPS) is 11.3. The third kappa shape index (κ3) is 4.46. The van der Waals surface area contributed by atoms with Gasteiger partial charge in [0.25, 0.3) is 0 Å². The molecule has 1 rings (SSSR count). The molecule has 1 heterocycles. The van der Waals surface area contributed by atoms with E-state index < -0.39 is 0 Å². The molecule has 8 heteroatoms. The van der Waals surface area contributed by atoms with Crippen LogP contribution in [0.4, 0.5) is 17.8 Å². The van der Waals surface area contributed by atoms with Gasteiger partial charge in [-0.2, -0.15) is 15.0 Å². The van der Waals surface area contributed by atoms with Crippen LogP contribution in [0.5, 0.6) is 0 Å². The minimum atomic E-state index is -0.289. The van der Waals surface area contributed by atoms with E-state index in [4.69, 9.17) is 10.6 Å². The number of methoxy groups -OCH3 is 1. The Kier molecular flexibility index (Phi) is 5.90. The van der Waals surface area contributed by atoms with Crippen molar-refractivity contribution in [2.75, 3.05) is 42.4 Å². The highest BCUT2D eigenvalue weighted by Gasteiger charge is 2.20. The number of hydrogen-bond acceptors (Lipinski definition) is 8. The molecular weight excluding hydrogens is 258 g/mol. The molecule has 0 atom stereocenters. The molecule has 0 amide bonds. The van der Waals surface area contributed by atoms with Gasteiger partial charge >= 0.3 is 0 Å². The molecule has 8 nitrogen and oxygen atoms in total. The van der Waals surface area contributed by atoms with Crippen molar-refractivity contribution in [3.63, 3.8) is 0 Å². The van der Waals surface area contributed by atoms with Crippen molar-refractivity contribution in [3.8, 4) is 0 Å². The maximum absolute atomic E-state index is 5.42. The van der Waals surface area contributed by atoms with Crippen molar-refractivity contribution in [1.29, 1.82) is 0 Å². The monoisotopic (exact) mass is 283 g/mol. The second-order valence-electron chi connectivity index (χ2n) is 5.04. The molecule has 0 aromatic carbocycles. The third-order valence-corrected chi connectivity index (χ3v) is 2.75. The lowest BCUT2D eigenvalue weighted by Crippen LogP contribution is -2.37. The molecule has 4 N–H and O–H groups in total. The molecule has 0 aliphatic heterocycles. The van der Waals surface area contributed by atoms with Gasteiger partial charge in [-0.15, -0.1) is 0 Å². The van der Waals surface area contributed by atoms with Crippen LogP contribution >= 0.6 is 0 Å². The fourth-order valence-corrected chi connectivity index (χ4v) is 1.83. The summed E-state index contributed by atoms with van der Waals surface area (Å²) in [6, 6.07) is 0. The zero-order chi connectivity index (χ0) is 15.2. The van der Waals surface area contributed by atoms with Gasteiger partial charge in [0, 0.05) is 20.2 Å². The highest BCUT2D eigenvalue weighted by Crippen LogP contribution is 2.16. The minimum absolute atomic E-state index is 0.289. The van der Waals surface area contributed by atoms with Gasteiger partial charge in [-0.3, -0.25) is 5.43 Å². The first-order valence-corrected chi connectivity index (χ1v) is 6.70. The summed E-state index contributed by atoms with van der Waals surface area (Å²) in [5.41, 5.74) is 2.18. The minimum Gasteiger partial charge on any atom is -0.382 e. The van der Waals surface area contributed by atoms with Crippen LogP contribution in [0.3, 0.4) is 0 Å². The first-order valence-electron chi connectivity index (χ1n) is 6.70. The SMILES string of the molecule is CCN(CC)c1nc(NN)nc(NC(C)(C)COC)n1. The van der Waals surface area contributed by atoms with Crippen molar-refractivity contribution in [2.45, 2.75) is 33.2 Å². The standard InChI is InChI=1S/C12H25N7O/c1-6-19(7-2)11-15-9(14-10(16-11)18-13)17-12(3,4)8-20-5/h6-8,13H2,1-5H3,(H2,14,15,16,17,18). The van der Waals surface area contributed by atoms with Crippen LogP contribution in [0, 0.1) is 0 Å². The van der Waals surface area contributed by atoms with E-state index in [2.05, 4.69) is 25.7 Å². The Balaban J connectivity index is 3.04. The number of aromatic nitrogens is 3. The molecule has 0 aliphatic rings. The van der Waals surface area contributed by atoms with Gasteiger partial charge in [0.05, 0.1) is 12.1 Å². The summed E-state index contributed by atoms with van der Waals surface area (Å²) in [6.45, 7) is 10.3. The maximum atomic E-state index is 5.42. The zero-order valence-electron chi connectivity index (χ0n) is 12.9. The highest BCUT2D eigenvalue weighted by atomic mass is 16.5. The molecule has 0 saturated heterocycles. The number of nitrogen functional groups attached to an aromatic ring is 1. The Bertz CT molecular complexity index is 420. The van der Waals surface area contributed by atoms with E-state index >= 15 is 0 Å². The van der Waals surface area contributed by atoms with Gasteiger partial charge in [-0.1, -0.05) is 0 Å².